The number of fused-ring (bicyclic) bond motifs is 1. The van der Waals surface area contributed by atoms with E-state index in [2.05, 4.69) is 20.8 Å². The van der Waals surface area contributed by atoms with Crippen LogP contribution in [0.5, 0.6) is 0 Å². The third-order valence-electron chi connectivity index (χ3n) is 3.08. The van der Waals surface area contributed by atoms with E-state index in [9.17, 15) is 0 Å². The van der Waals surface area contributed by atoms with E-state index in [4.69, 9.17) is 9.47 Å². The van der Waals surface area contributed by atoms with Crippen molar-refractivity contribution in [2.75, 3.05) is 13.2 Å². The molecule has 0 bridgehead atoms. The van der Waals surface area contributed by atoms with Gasteiger partial charge in [-0.25, -0.2) is 0 Å². The van der Waals surface area contributed by atoms with E-state index in [-0.39, 0.29) is 0 Å². The number of rotatable bonds is 0. The Kier molecular flexibility index (Phi) is 1.92. The predicted octanol–water partition coefficient (Wildman–Crippen LogP) is 1.84. The van der Waals surface area contributed by atoms with Crippen molar-refractivity contribution in [1.29, 1.82) is 0 Å². The van der Waals surface area contributed by atoms with E-state index in [1.807, 2.05) is 0 Å². The highest BCUT2D eigenvalue weighted by Gasteiger charge is 2.46. The second-order valence-corrected chi connectivity index (χ2v) is 4.97. The fraction of sp³-hybridized carbons (Fsp3) is 1.00. The number of hydrogen-bond acceptors (Lipinski definition) is 2. The molecule has 2 heterocycles. The molecule has 2 fully saturated rings. The Hall–Kier alpha value is -0.0800. The van der Waals surface area contributed by atoms with Gasteiger partial charge in [0.2, 0.25) is 0 Å². The second-order valence-electron chi connectivity index (χ2n) is 4.97. The molecule has 0 radical (unpaired) electrons. The summed E-state index contributed by atoms with van der Waals surface area (Å²) in [6.45, 7) is 8.59. The second kappa shape index (κ2) is 2.71. The van der Waals surface area contributed by atoms with Gasteiger partial charge in [0.15, 0.2) is 0 Å². The van der Waals surface area contributed by atoms with Gasteiger partial charge in [-0.05, 0) is 11.8 Å². The molecule has 2 rings (SSSR count). The first-order valence-corrected chi connectivity index (χ1v) is 4.82. The summed E-state index contributed by atoms with van der Waals surface area (Å²) in [5.74, 6) is 0.588. The molecule has 2 saturated heterocycles. The zero-order chi connectivity index (χ0) is 8.77. The molecule has 0 amide bonds. The Morgan fingerprint density at radius 2 is 1.92 bits per heavy atom. The van der Waals surface area contributed by atoms with E-state index < -0.39 is 0 Å². The van der Waals surface area contributed by atoms with Crippen LogP contribution in [0.1, 0.15) is 27.2 Å². The molecule has 0 aliphatic carbocycles. The summed E-state index contributed by atoms with van der Waals surface area (Å²) in [5, 5.41) is 0. The average Bonchev–Trinajstić information content (AvgIpc) is 2.37. The highest BCUT2D eigenvalue weighted by Crippen LogP contribution is 2.40. The third-order valence-corrected chi connectivity index (χ3v) is 3.08. The lowest BCUT2D eigenvalue weighted by Gasteiger charge is -2.29. The SMILES string of the molecule is CC(C)(C)[C@H]1CO[C@H]2CCO[C@H]21. The largest absolute Gasteiger partial charge is 0.375 e. The number of ether oxygens (including phenoxy) is 2. The zero-order valence-corrected chi connectivity index (χ0v) is 8.17. The van der Waals surface area contributed by atoms with Gasteiger partial charge in [0.25, 0.3) is 0 Å². The minimum atomic E-state index is 0.323. The van der Waals surface area contributed by atoms with Gasteiger partial charge < -0.3 is 9.47 Å². The Labute approximate surface area is 74.2 Å². The van der Waals surface area contributed by atoms with Crippen LogP contribution in [-0.4, -0.2) is 25.4 Å². The van der Waals surface area contributed by atoms with E-state index in [0.29, 0.717) is 23.5 Å². The average molecular weight is 170 g/mol. The van der Waals surface area contributed by atoms with Crippen molar-refractivity contribution in [3.8, 4) is 0 Å². The highest BCUT2D eigenvalue weighted by atomic mass is 16.6. The maximum absolute atomic E-state index is 5.69. The van der Waals surface area contributed by atoms with Gasteiger partial charge >= 0.3 is 0 Å². The summed E-state index contributed by atoms with van der Waals surface area (Å²) in [4.78, 5) is 0. The predicted molar refractivity (Wildman–Crippen MR) is 47.0 cm³/mol. The van der Waals surface area contributed by atoms with Crippen LogP contribution in [0.2, 0.25) is 0 Å². The van der Waals surface area contributed by atoms with Crippen molar-refractivity contribution < 1.29 is 9.47 Å². The van der Waals surface area contributed by atoms with Crippen molar-refractivity contribution in [3.63, 3.8) is 0 Å². The molecule has 0 N–H and O–H groups in total. The molecule has 0 unspecified atom stereocenters. The smallest absolute Gasteiger partial charge is 0.0892 e. The molecule has 2 nitrogen and oxygen atoms in total. The topological polar surface area (TPSA) is 18.5 Å². The maximum Gasteiger partial charge on any atom is 0.0892 e. The summed E-state index contributed by atoms with van der Waals surface area (Å²) in [6, 6.07) is 0. The fourth-order valence-electron chi connectivity index (χ4n) is 2.21. The van der Waals surface area contributed by atoms with Crippen LogP contribution < -0.4 is 0 Å². The molecule has 0 aromatic carbocycles. The highest BCUT2D eigenvalue weighted by molar-refractivity contribution is 4.93. The van der Waals surface area contributed by atoms with Gasteiger partial charge in [0.05, 0.1) is 18.8 Å². The van der Waals surface area contributed by atoms with Gasteiger partial charge in [0.1, 0.15) is 0 Å². The Morgan fingerprint density at radius 3 is 2.58 bits per heavy atom. The van der Waals surface area contributed by atoms with Gasteiger partial charge in [-0.15, -0.1) is 0 Å². The van der Waals surface area contributed by atoms with Crippen LogP contribution in [0.4, 0.5) is 0 Å². The van der Waals surface area contributed by atoms with Gasteiger partial charge in [-0.3, -0.25) is 0 Å². The molecule has 0 spiro atoms. The molecular weight excluding hydrogens is 152 g/mol. The molecule has 0 saturated carbocycles. The van der Waals surface area contributed by atoms with Crippen LogP contribution in [0, 0.1) is 11.3 Å². The minimum absolute atomic E-state index is 0.323. The van der Waals surface area contributed by atoms with Crippen molar-refractivity contribution in [3.05, 3.63) is 0 Å². The van der Waals surface area contributed by atoms with E-state index in [1.165, 1.54) is 0 Å². The molecule has 2 heteroatoms. The van der Waals surface area contributed by atoms with Crippen LogP contribution in [0.15, 0.2) is 0 Å². The van der Waals surface area contributed by atoms with Crippen LogP contribution in [0.3, 0.4) is 0 Å². The van der Waals surface area contributed by atoms with Gasteiger partial charge in [-0.1, -0.05) is 20.8 Å². The standard InChI is InChI=1S/C10H18O2/c1-10(2,3)7-6-12-8-4-5-11-9(7)8/h7-9H,4-6H2,1-3H3/t7-,8-,9-/m0/s1. The third kappa shape index (κ3) is 1.27. The fourth-order valence-corrected chi connectivity index (χ4v) is 2.21. The molecule has 70 valence electrons. The summed E-state index contributed by atoms with van der Waals surface area (Å²) in [6.07, 6.45) is 1.87. The molecule has 0 aromatic rings. The van der Waals surface area contributed by atoms with Gasteiger partial charge in [-0.2, -0.15) is 0 Å². The zero-order valence-electron chi connectivity index (χ0n) is 8.17. The first-order chi connectivity index (χ1) is 5.59. The molecule has 12 heavy (non-hydrogen) atoms. The first kappa shape index (κ1) is 8.52. The lowest BCUT2D eigenvalue weighted by atomic mass is 9.78. The monoisotopic (exact) mass is 170 g/mol. The lowest BCUT2D eigenvalue weighted by Crippen LogP contribution is -2.32. The molecule has 2 aliphatic heterocycles. The normalized spacial score (nSPS) is 41.8. The summed E-state index contributed by atoms with van der Waals surface area (Å²) >= 11 is 0. The maximum atomic E-state index is 5.69. The van der Waals surface area contributed by atoms with Gasteiger partial charge in [0, 0.05) is 12.5 Å². The Bertz CT molecular complexity index is 171. The van der Waals surface area contributed by atoms with E-state index in [0.717, 1.165) is 19.6 Å². The summed E-state index contributed by atoms with van der Waals surface area (Å²) in [7, 11) is 0. The Morgan fingerprint density at radius 1 is 1.17 bits per heavy atom. The van der Waals surface area contributed by atoms with E-state index in [1.54, 1.807) is 0 Å². The van der Waals surface area contributed by atoms with Crippen molar-refractivity contribution >= 4 is 0 Å². The minimum Gasteiger partial charge on any atom is -0.375 e. The molecule has 2 aliphatic rings. The van der Waals surface area contributed by atoms with Crippen LogP contribution >= 0.6 is 0 Å². The lowest BCUT2D eigenvalue weighted by molar-refractivity contribution is 0.0346. The van der Waals surface area contributed by atoms with Crippen molar-refractivity contribution in [2.45, 2.75) is 39.4 Å². The quantitative estimate of drug-likeness (QED) is 0.552. The van der Waals surface area contributed by atoms with Crippen molar-refractivity contribution in [1.82, 2.24) is 0 Å². The van der Waals surface area contributed by atoms with Crippen LogP contribution in [-0.2, 0) is 9.47 Å². The molecule has 3 atom stereocenters. The Balaban J connectivity index is 2.09. The number of hydrogen-bond donors (Lipinski definition) is 0. The summed E-state index contributed by atoms with van der Waals surface area (Å²) < 4.78 is 11.4. The van der Waals surface area contributed by atoms with Crippen LogP contribution in [0.25, 0.3) is 0 Å². The first-order valence-electron chi connectivity index (χ1n) is 4.82. The molecule has 0 aromatic heterocycles. The molecular formula is C10H18O2. The van der Waals surface area contributed by atoms with E-state index >= 15 is 0 Å². The van der Waals surface area contributed by atoms with Crippen molar-refractivity contribution in [2.24, 2.45) is 11.3 Å². The summed E-state index contributed by atoms with van der Waals surface area (Å²) in [5.41, 5.74) is 0.323.